The summed E-state index contributed by atoms with van der Waals surface area (Å²) < 4.78 is 3.45. The minimum atomic E-state index is -0.165. The molecule has 1 fully saturated rings. The molecule has 4 rings (SSSR count). The fourth-order valence-corrected chi connectivity index (χ4v) is 4.82. The molecule has 7 heteroatoms. The lowest BCUT2D eigenvalue weighted by Gasteiger charge is -2.23. The first-order valence-corrected chi connectivity index (χ1v) is 12.4. The number of nitrogens with zero attached hydrogens (tertiary/aromatic N) is 2. The molecule has 1 aliphatic rings. The Balaban J connectivity index is 1.39. The number of anilines is 1. The van der Waals surface area contributed by atoms with Crippen molar-refractivity contribution in [3.8, 4) is 0 Å². The van der Waals surface area contributed by atoms with Crippen LogP contribution in [0.1, 0.15) is 67.8 Å². The molecule has 0 radical (unpaired) electrons. The number of carbonyl (C=O) groups is 2. The first-order valence-electron chi connectivity index (χ1n) is 12.4. The Morgan fingerprint density at radius 3 is 2.29 bits per heavy atom. The van der Waals surface area contributed by atoms with E-state index in [1.165, 1.54) is 19.3 Å². The van der Waals surface area contributed by atoms with E-state index in [9.17, 15) is 14.4 Å². The Labute approximate surface area is 200 Å². The number of carbonyl (C=O) groups excluding carboxylic acids is 2. The average molecular weight is 463 g/mol. The van der Waals surface area contributed by atoms with Crippen LogP contribution in [-0.4, -0.2) is 27.0 Å². The Morgan fingerprint density at radius 2 is 1.65 bits per heavy atom. The van der Waals surface area contributed by atoms with Crippen LogP contribution < -0.4 is 16.3 Å². The van der Waals surface area contributed by atoms with Crippen molar-refractivity contribution in [2.24, 2.45) is 0 Å². The Morgan fingerprint density at radius 1 is 0.971 bits per heavy atom. The molecule has 2 aromatic carbocycles. The van der Waals surface area contributed by atoms with Crippen LogP contribution >= 0.6 is 0 Å². The van der Waals surface area contributed by atoms with Gasteiger partial charge >= 0.3 is 5.69 Å². The number of hydrogen-bond donors (Lipinski definition) is 2. The summed E-state index contributed by atoms with van der Waals surface area (Å²) in [7, 11) is 0. The van der Waals surface area contributed by atoms with E-state index in [-0.39, 0.29) is 30.0 Å². The van der Waals surface area contributed by atoms with Gasteiger partial charge in [-0.25, -0.2) is 4.79 Å². The number of nitrogens with one attached hydrogen (secondary N) is 2. The number of hydrogen-bond acceptors (Lipinski definition) is 3. The van der Waals surface area contributed by atoms with Gasteiger partial charge < -0.3 is 10.6 Å². The van der Waals surface area contributed by atoms with Crippen molar-refractivity contribution in [2.75, 3.05) is 5.32 Å². The van der Waals surface area contributed by atoms with E-state index < -0.39 is 0 Å². The Hall–Kier alpha value is -3.35. The molecule has 2 N–H and O–H groups in total. The zero-order valence-electron chi connectivity index (χ0n) is 20.1. The lowest BCUT2D eigenvalue weighted by Crippen LogP contribution is -2.36. The third-order valence-corrected chi connectivity index (χ3v) is 6.64. The van der Waals surface area contributed by atoms with Gasteiger partial charge in [0.2, 0.25) is 5.91 Å². The first kappa shape index (κ1) is 23.8. The van der Waals surface area contributed by atoms with Gasteiger partial charge in [0.05, 0.1) is 11.0 Å². The summed E-state index contributed by atoms with van der Waals surface area (Å²) in [5.74, 6) is -0.225. The molecule has 0 spiro atoms. The van der Waals surface area contributed by atoms with Crippen molar-refractivity contribution in [1.29, 1.82) is 0 Å². The van der Waals surface area contributed by atoms with Gasteiger partial charge in [0.1, 0.15) is 0 Å². The molecule has 0 saturated heterocycles. The fourth-order valence-electron chi connectivity index (χ4n) is 4.82. The van der Waals surface area contributed by atoms with Crippen molar-refractivity contribution in [1.82, 2.24) is 14.5 Å². The Kier molecular flexibility index (Phi) is 7.50. The molecule has 0 aliphatic heterocycles. The number of aromatic nitrogens is 2. The van der Waals surface area contributed by atoms with Crippen LogP contribution in [0.25, 0.3) is 11.0 Å². The highest BCUT2D eigenvalue weighted by Gasteiger charge is 2.18. The monoisotopic (exact) mass is 462 g/mol. The molecule has 7 nitrogen and oxygen atoms in total. The van der Waals surface area contributed by atoms with E-state index in [4.69, 9.17) is 0 Å². The van der Waals surface area contributed by atoms with Crippen LogP contribution in [0.5, 0.6) is 0 Å². The Bertz CT molecular complexity index is 1230. The number of benzene rings is 2. The molecule has 34 heavy (non-hydrogen) atoms. The first-order chi connectivity index (χ1) is 16.5. The van der Waals surface area contributed by atoms with Crippen LogP contribution in [-0.2, 0) is 17.9 Å². The summed E-state index contributed by atoms with van der Waals surface area (Å²) >= 11 is 0. The quantitative estimate of drug-likeness (QED) is 0.513. The minimum Gasteiger partial charge on any atom is -0.349 e. The third-order valence-electron chi connectivity index (χ3n) is 6.64. The number of rotatable bonds is 8. The minimum absolute atomic E-state index is 0.0595. The lowest BCUT2D eigenvalue weighted by atomic mass is 9.95. The molecule has 2 amide bonds. The number of imidazole rings is 1. The maximum atomic E-state index is 12.9. The number of aryl methyl sites for hydroxylation is 3. The van der Waals surface area contributed by atoms with E-state index in [1.54, 1.807) is 21.3 Å². The molecule has 1 saturated carbocycles. The summed E-state index contributed by atoms with van der Waals surface area (Å²) in [5, 5.41) is 6.07. The van der Waals surface area contributed by atoms with E-state index >= 15 is 0 Å². The lowest BCUT2D eigenvalue weighted by molar-refractivity contribution is -0.116. The van der Waals surface area contributed by atoms with Gasteiger partial charge in [0, 0.05) is 36.8 Å². The van der Waals surface area contributed by atoms with Crippen molar-refractivity contribution >= 4 is 28.5 Å². The smallest absolute Gasteiger partial charge is 0.329 e. The molecule has 0 unspecified atom stereocenters. The number of para-hydroxylation sites is 2. The zero-order valence-corrected chi connectivity index (χ0v) is 20.1. The maximum Gasteiger partial charge on any atom is 0.329 e. The SMILES string of the molecule is CCCn1c(=O)n(CCC(=O)Nc2ccc(C(=O)NC3CCCCC3)cc2C)c2ccccc21. The molecule has 3 aromatic rings. The van der Waals surface area contributed by atoms with Gasteiger partial charge in [-0.3, -0.25) is 18.7 Å². The largest absolute Gasteiger partial charge is 0.349 e. The summed E-state index contributed by atoms with van der Waals surface area (Å²) in [6.07, 6.45) is 6.71. The predicted molar refractivity (Wildman–Crippen MR) is 135 cm³/mol. The number of fused-ring (bicyclic) bond motifs is 1. The van der Waals surface area contributed by atoms with Gasteiger partial charge in [-0.15, -0.1) is 0 Å². The van der Waals surface area contributed by atoms with Crippen LogP contribution in [0.15, 0.2) is 47.3 Å². The van der Waals surface area contributed by atoms with Crippen LogP contribution in [0, 0.1) is 6.92 Å². The molecular formula is C27H34N4O3. The van der Waals surface area contributed by atoms with E-state index in [0.29, 0.717) is 24.3 Å². The standard InChI is InChI=1S/C27H34N4O3/c1-3-16-30-23-11-7-8-12-24(23)31(27(30)34)17-15-25(32)29-22-14-13-20(18-19(22)2)26(33)28-21-9-5-4-6-10-21/h7-8,11-14,18,21H,3-6,9-10,15-17H2,1-2H3,(H,28,33)(H,29,32). The summed E-state index contributed by atoms with van der Waals surface area (Å²) in [4.78, 5) is 38.2. The maximum absolute atomic E-state index is 12.9. The van der Waals surface area contributed by atoms with E-state index in [2.05, 4.69) is 10.6 Å². The molecule has 1 heterocycles. The normalized spacial score (nSPS) is 14.3. The van der Waals surface area contributed by atoms with Crippen molar-refractivity contribution in [3.63, 3.8) is 0 Å². The van der Waals surface area contributed by atoms with E-state index in [0.717, 1.165) is 35.9 Å². The van der Waals surface area contributed by atoms with Crippen molar-refractivity contribution in [3.05, 3.63) is 64.1 Å². The second-order valence-electron chi connectivity index (χ2n) is 9.21. The zero-order chi connectivity index (χ0) is 24.1. The highest BCUT2D eigenvalue weighted by atomic mass is 16.2. The van der Waals surface area contributed by atoms with E-state index in [1.807, 2.05) is 44.2 Å². The molecule has 1 aromatic heterocycles. The van der Waals surface area contributed by atoms with Crippen molar-refractivity contribution < 1.29 is 9.59 Å². The van der Waals surface area contributed by atoms with Crippen LogP contribution in [0.3, 0.4) is 0 Å². The van der Waals surface area contributed by atoms with Gasteiger partial charge in [0.15, 0.2) is 0 Å². The van der Waals surface area contributed by atoms with Crippen LogP contribution in [0.2, 0.25) is 0 Å². The summed E-state index contributed by atoms with van der Waals surface area (Å²) in [5.41, 5.74) is 3.78. The predicted octanol–water partition coefficient (Wildman–Crippen LogP) is 4.61. The van der Waals surface area contributed by atoms with Crippen molar-refractivity contribution in [2.45, 2.75) is 77.9 Å². The number of amides is 2. The van der Waals surface area contributed by atoms with Gasteiger partial charge in [-0.05, 0) is 62.1 Å². The molecular weight excluding hydrogens is 428 g/mol. The molecule has 1 aliphatic carbocycles. The molecule has 0 atom stereocenters. The summed E-state index contributed by atoms with van der Waals surface area (Å²) in [6.45, 7) is 4.89. The van der Waals surface area contributed by atoms with Gasteiger partial charge in [-0.1, -0.05) is 38.3 Å². The molecule has 0 bridgehead atoms. The fraction of sp³-hybridized carbons (Fsp3) is 0.444. The average Bonchev–Trinajstić information content (AvgIpc) is 3.10. The van der Waals surface area contributed by atoms with Gasteiger partial charge in [-0.2, -0.15) is 0 Å². The highest BCUT2D eigenvalue weighted by Crippen LogP contribution is 2.20. The second kappa shape index (κ2) is 10.7. The topological polar surface area (TPSA) is 85.1 Å². The highest BCUT2D eigenvalue weighted by molar-refractivity contribution is 5.96. The third kappa shape index (κ3) is 5.24. The second-order valence-corrected chi connectivity index (χ2v) is 9.21. The van der Waals surface area contributed by atoms with Crippen LogP contribution in [0.4, 0.5) is 5.69 Å². The van der Waals surface area contributed by atoms with Gasteiger partial charge in [0.25, 0.3) is 5.91 Å². The summed E-state index contributed by atoms with van der Waals surface area (Å²) in [6, 6.07) is 13.3. The molecule has 180 valence electrons.